The average molecular weight is 502 g/mol. The highest BCUT2D eigenvalue weighted by Crippen LogP contribution is 2.30. The maximum atomic E-state index is 12.0. The van der Waals surface area contributed by atoms with Crippen LogP contribution in [0.3, 0.4) is 0 Å². The molecule has 0 fully saturated rings. The predicted octanol–water partition coefficient (Wildman–Crippen LogP) is 4.06. The SMILES string of the molecule is Cc1cc(N)nc(C)c1CNc1nc(Cl)nc2c1CN(Cc1ccc(Cn3ccccc3=O)cc1)C2. The van der Waals surface area contributed by atoms with Crippen LogP contribution in [0.15, 0.2) is 59.5 Å². The van der Waals surface area contributed by atoms with Crippen LogP contribution in [0.4, 0.5) is 11.6 Å². The Balaban J connectivity index is 1.26. The summed E-state index contributed by atoms with van der Waals surface area (Å²) in [6, 6.07) is 15.5. The minimum Gasteiger partial charge on any atom is -0.384 e. The van der Waals surface area contributed by atoms with Crippen LogP contribution in [0, 0.1) is 13.8 Å². The standard InChI is InChI=1S/C27H28ClN7O/c1-17-11-24(29)31-18(2)21(17)12-30-26-22-15-34(16-23(22)32-27(28)33-26)13-19-6-8-20(9-7-19)14-35-10-4-3-5-25(35)36/h3-11H,12-16H2,1-2H3,(H2,29,31)(H,30,32,33). The molecule has 1 aliphatic heterocycles. The van der Waals surface area contributed by atoms with Gasteiger partial charge in [-0.3, -0.25) is 9.69 Å². The molecule has 0 saturated heterocycles. The lowest BCUT2D eigenvalue weighted by atomic mass is 10.1. The van der Waals surface area contributed by atoms with Crippen LogP contribution in [-0.2, 0) is 32.7 Å². The highest BCUT2D eigenvalue weighted by atomic mass is 35.5. The summed E-state index contributed by atoms with van der Waals surface area (Å²) in [5.41, 5.74) is 13.2. The molecule has 0 unspecified atom stereocenters. The predicted molar refractivity (Wildman–Crippen MR) is 142 cm³/mol. The molecule has 0 bridgehead atoms. The van der Waals surface area contributed by atoms with Crippen LogP contribution < -0.4 is 16.6 Å². The Morgan fingerprint density at radius 3 is 2.47 bits per heavy atom. The maximum absolute atomic E-state index is 12.0. The van der Waals surface area contributed by atoms with E-state index in [1.165, 1.54) is 5.56 Å². The largest absolute Gasteiger partial charge is 0.384 e. The molecule has 9 heteroatoms. The topological polar surface area (TPSA) is 102 Å². The van der Waals surface area contributed by atoms with Gasteiger partial charge in [0.15, 0.2) is 0 Å². The lowest BCUT2D eigenvalue weighted by molar-refractivity contribution is 0.274. The minimum absolute atomic E-state index is 0.00132. The fourth-order valence-electron chi connectivity index (χ4n) is 4.67. The minimum atomic E-state index is -0.00132. The van der Waals surface area contributed by atoms with Crippen LogP contribution >= 0.6 is 11.6 Å². The van der Waals surface area contributed by atoms with Crippen molar-refractivity contribution >= 4 is 23.2 Å². The van der Waals surface area contributed by atoms with Gasteiger partial charge in [0.1, 0.15) is 11.6 Å². The van der Waals surface area contributed by atoms with Crippen molar-refractivity contribution in [2.45, 2.75) is 46.6 Å². The van der Waals surface area contributed by atoms with Gasteiger partial charge in [-0.15, -0.1) is 0 Å². The van der Waals surface area contributed by atoms with Crippen molar-refractivity contribution in [3.05, 3.63) is 110 Å². The Kier molecular flexibility index (Phi) is 6.71. The number of aryl methyl sites for hydroxylation is 2. The van der Waals surface area contributed by atoms with Crippen LogP contribution in [0.1, 0.15) is 39.2 Å². The Morgan fingerprint density at radius 2 is 1.75 bits per heavy atom. The van der Waals surface area contributed by atoms with Gasteiger partial charge >= 0.3 is 0 Å². The quantitative estimate of drug-likeness (QED) is 0.368. The molecule has 8 nitrogen and oxygen atoms in total. The number of halogens is 1. The van der Waals surface area contributed by atoms with Crippen molar-refractivity contribution in [2.75, 3.05) is 11.1 Å². The Morgan fingerprint density at radius 1 is 1.00 bits per heavy atom. The molecule has 36 heavy (non-hydrogen) atoms. The first-order valence-electron chi connectivity index (χ1n) is 11.8. The number of nitrogens with two attached hydrogens (primary N) is 1. The van der Waals surface area contributed by atoms with E-state index >= 15 is 0 Å². The van der Waals surface area contributed by atoms with Crippen LogP contribution in [0.25, 0.3) is 0 Å². The van der Waals surface area contributed by atoms with Gasteiger partial charge in [0.25, 0.3) is 5.56 Å². The molecule has 5 rings (SSSR count). The molecule has 1 aromatic carbocycles. The number of nitrogen functional groups attached to an aromatic ring is 1. The Bertz CT molecular complexity index is 1440. The molecular weight excluding hydrogens is 474 g/mol. The highest BCUT2D eigenvalue weighted by molar-refractivity contribution is 6.28. The summed E-state index contributed by atoms with van der Waals surface area (Å²) in [6.45, 7) is 7.34. The van der Waals surface area contributed by atoms with E-state index < -0.39 is 0 Å². The normalized spacial score (nSPS) is 13.1. The molecule has 0 aliphatic carbocycles. The molecular formula is C27H28ClN7O. The summed E-state index contributed by atoms with van der Waals surface area (Å²) >= 11 is 6.26. The Labute approximate surface area is 214 Å². The molecule has 0 saturated carbocycles. The molecule has 4 heterocycles. The number of anilines is 2. The second-order valence-electron chi connectivity index (χ2n) is 9.18. The van der Waals surface area contributed by atoms with Gasteiger partial charge in [0.05, 0.1) is 12.2 Å². The van der Waals surface area contributed by atoms with E-state index in [4.69, 9.17) is 17.3 Å². The number of hydrogen-bond acceptors (Lipinski definition) is 7. The molecule has 0 atom stereocenters. The van der Waals surface area contributed by atoms with Gasteiger partial charge in [0, 0.05) is 49.7 Å². The molecule has 1 aliphatic rings. The average Bonchev–Trinajstić information content (AvgIpc) is 3.23. The van der Waals surface area contributed by atoms with Gasteiger partial charge in [-0.25, -0.2) is 15.0 Å². The second kappa shape index (κ2) is 10.1. The summed E-state index contributed by atoms with van der Waals surface area (Å²) in [7, 11) is 0. The van der Waals surface area contributed by atoms with Crippen molar-refractivity contribution in [3.8, 4) is 0 Å². The van der Waals surface area contributed by atoms with E-state index in [2.05, 4.69) is 49.4 Å². The zero-order valence-electron chi connectivity index (χ0n) is 20.3. The molecule has 3 N–H and O–H groups in total. The zero-order chi connectivity index (χ0) is 25.2. The molecule has 0 amide bonds. The van der Waals surface area contributed by atoms with Crippen molar-refractivity contribution in [2.24, 2.45) is 0 Å². The third-order valence-electron chi connectivity index (χ3n) is 6.51. The number of fused-ring (bicyclic) bond motifs is 1. The number of hydrogen-bond donors (Lipinski definition) is 2. The number of benzene rings is 1. The fourth-order valence-corrected chi connectivity index (χ4v) is 4.86. The molecule has 0 spiro atoms. The lowest BCUT2D eigenvalue weighted by Gasteiger charge is -2.16. The first kappa shape index (κ1) is 24.0. The van der Waals surface area contributed by atoms with E-state index in [-0.39, 0.29) is 10.8 Å². The van der Waals surface area contributed by atoms with Crippen molar-refractivity contribution < 1.29 is 0 Å². The number of nitrogens with one attached hydrogen (secondary N) is 1. The summed E-state index contributed by atoms with van der Waals surface area (Å²) in [5.74, 6) is 1.28. The van der Waals surface area contributed by atoms with Crippen LogP contribution in [0.2, 0.25) is 5.28 Å². The van der Waals surface area contributed by atoms with Crippen LogP contribution in [0.5, 0.6) is 0 Å². The number of rotatable bonds is 7. The number of aromatic nitrogens is 4. The van der Waals surface area contributed by atoms with E-state index in [1.54, 1.807) is 16.7 Å². The highest BCUT2D eigenvalue weighted by Gasteiger charge is 2.25. The van der Waals surface area contributed by atoms with E-state index in [0.717, 1.165) is 52.5 Å². The maximum Gasteiger partial charge on any atom is 0.250 e. The molecule has 0 radical (unpaired) electrons. The van der Waals surface area contributed by atoms with Gasteiger partial charge < -0.3 is 15.6 Å². The fraction of sp³-hybridized carbons (Fsp3) is 0.259. The van der Waals surface area contributed by atoms with Gasteiger partial charge in [0.2, 0.25) is 5.28 Å². The third-order valence-corrected chi connectivity index (χ3v) is 6.68. The van der Waals surface area contributed by atoms with E-state index in [1.807, 2.05) is 32.2 Å². The van der Waals surface area contributed by atoms with Crippen LogP contribution in [-0.4, -0.2) is 24.4 Å². The van der Waals surface area contributed by atoms with Crippen molar-refractivity contribution in [1.29, 1.82) is 0 Å². The monoisotopic (exact) mass is 501 g/mol. The second-order valence-corrected chi connectivity index (χ2v) is 9.51. The Hall–Kier alpha value is -3.75. The van der Waals surface area contributed by atoms with Crippen molar-refractivity contribution in [1.82, 2.24) is 24.4 Å². The number of nitrogens with zero attached hydrogens (tertiary/aromatic N) is 5. The summed E-state index contributed by atoms with van der Waals surface area (Å²) < 4.78 is 1.70. The third kappa shape index (κ3) is 5.24. The summed E-state index contributed by atoms with van der Waals surface area (Å²) in [6.07, 6.45) is 1.81. The summed E-state index contributed by atoms with van der Waals surface area (Å²) in [4.78, 5) is 27.6. The molecule has 184 valence electrons. The van der Waals surface area contributed by atoms with Gasteiger partial charge in [-0.1, -0.05) is 30.3 Å². The van der Waals surface area contributed by atoms with Gasteiger partial charge in [-0.05, 0) is 59.8 Å². The lowest BCUT2D eigenvalue weighted by Crippen LogP contribution is -2.18. The molecule has 3 aromatic heterocycles. The van der Waals surface area contributed by atoms with Gasteiger partial charge in [-0.2, -0.15) is 0 Å². The molecule has 4 aromatic rings. The van der Waals surface area contributed by atoms with E-state index in [9.17, 15) is 4.79 Å². The number of pyridine rings is 2. The van der Waals surface area contributed by atoms with Crippen molar-refractivity contribution in [3.63, 3.8) is 0 Å². The summed E-state index contributed by atoms with van der Waals surface area (Å²) in [5, 5.41) is 3.69. The first-order valence-corrected chi connectivity index (χ1v) is 12.2. The van der Waals surface area contributed by atoms with E-state index in [0.29, 0.717) is 25.5 Å². The smallest absolute Gasteiger partial charge is 0.250 e. The first-order chi connectivity index (χ1) is 17.4. The zero-order valence-corrected chi connectivity index (χ0v) is 21.1.